The molecule has 0 bridgehead atoms. The molecule has 0 aliphatic heterocycles. The highest BCUT2D eigenvalue weighted by Crippen LogP contribution is 2.21. The zero-order valence-electron chi connectivity index (χ0n) is 9.77. The van der Waals surface area contributed by atoms with E-state index >= 15 is 0 Å². The second-order valence-corrected chi connectivity index (χ2v) is 4.23. The Morgan fingerprint density at radius 3 is 2.88 bits per heavy atom. The van der Waals surface area contributed by atoms with Crippen LogP contribution in [0, 0.1) is 17.0 Å². The van der Waals surface area contributed by atoms with Crippen molar-refractivity contribution in [1.29, 1.82) is 0 Å². The minimum Gasteiger partial charge on any atom is -0.363 e. The lowest BCUT2D eigenvalue weighted by Gasteiger charge is -2.07. The molecule has 2 rings (SSSR count). The van der Waals surface area contributed by atoms with Gasteiger partial charge in [-0.25, -0.2) is 4.98 Å². The molecule has 0 unspecified atom stereocenters. The quantitative estimate of drug-likeness (QED) is 0.444. The van der Waals surface area contributed by atoms with Crippen LogP contribution in [0.1, 0.15) is 18.5 Å². The maximum Gasteiger partial charge on any atom is 0.311 e. The van der Waals surface area contributed by atoms with Gasteiger partial charge in [0, 0.05) is 30.9 Å². The van der Waals surface area contributed by atoms with Crippen LogP contribution in [0.15, 0.2) is 12.1 Å². The standard InChI is InChI=1S/C11H16N4O2/c1-8-2-5-10(15(16)17)11(14-8)13-7-6-12-9-3-4-9/h2,5,9,12H,3-4,6-7H2,1H3,(H,13,14). The third-order valence-electron chi connectivity index (χ3n) is 2.64. The number of hydrogen-bond acceptors (Lipinski definition) is 5. The molecule has 0 spiro atoms. The van der Waals surface area contributed by atoms with E-state index in [2.05, 4.69) is 15.6 Å². The average molecular weight is 236 g/mol. The molecule has 0 atom stereocenters. The number of nitrogens with zero attached hydrogens (tertiary/aromatic N) is 2. The van der Waals surface area contributed by atoms with Crippen LogP contribution in [-0.2, 0) is 0 Å². The van der Waals surface area contributed by atoms with E-state index in [0.717, 1.165) is 12.2 Å². The average Bonchev–Trinajstić information content (AvgIpc) is 3.08. The molecule has 1 fully saturated rings. The Balaban J connectivity index is 1.92. The highest BCUT2D eigenvalue weighted by molar-refractivity contribution is 5.56. The van der Waals surface area contributed by atoms with Crippen molar-refractivity contribution in [3.63, 3.8) is 0 Å². The number of aryl methyl sites for hydroxylation is 1. The monoisotopic (exact) mass is 236 g/mol. The van der Waals surface area contributed by atoms with Gasteiger partial charge in [0.05, 0.1) is 4.92 Å². The van der Waals surface area contributed by atoms with Crippen molar-refractivity contribution in [1.82, 2.24) is 10.3 Å². The van der Waals surface area contributed by atoms with Crippen LogP contribution < -0.4 is 10.6 Å². The van der Waals surface area contributed by atoms with E-state index in [9.17, 15) is 10.1 Å². The van der Waals surface area contributed by atoms with Gasteiger partial charge >= 0.3 is 5.69 Å². The first kappa shape index (κ1) is 11.8. The van der Waals surface area contributed by atoms with Gasteiger partial charge in [-0.2, -0.15) is 0 Å². The van der Waals surface area contributed by atoms with Crippen molar-refractivity contribution in [3.8, 4) is 0 Å². The van der Waals surface area contributed by atoms with E-state index in [-0.39, 0.29) is 5.69 Å². The summed E-state index contributed by atoms with van der Waals surface area (Å²) in [6.07, 6.45) is 2.48. The molecule has 92 valence electrons. The Kier molecular flexibility index (Phi) is 3.53. The van der Waals surface area contributed by atoms with Crippen LogP contribution in [0.25, 0.3) is 0 Å². The van der Waals surface area contributed by atoms with Crippen LogP contribution in [0.4, 0.5) is 11.5 Å². The highest BCUT2D eigenvalue weighted by atomic mass is 16.6. The topological polar surface area (TPSA) is 80.1 Å². The van der Waals surface area contributed by atoms with Gasteiger partial charge < -0.3 is 10.6 Å². The third-order valence-corrected chi connectivity index (χ3v) is 2.64. The lowest BCUT2D eigenvalue weighted by molar-refractivity contribution is -0.384. The first-order valence-electron chi connectivity index (χ1n) is 5.76. The summed E-state index contributed by atoms with van der Waals surface area (Å²) in [4.78, 5) is 14.5. The molecule has 0 saturated heterocycles. The fourth-order valence-electron chi connectivity index (χ4n) is 1.57. The van der Waals surface area contributed by atoms with Gasteiger partial charge in [-0.1, -0.05) is 0 Å². The summed E-state index contributed by atoms with van der Waals surface area (Å²) < 4.78 is 0. The van der Waals surface area contributed by atoms with Gasteiger partial charge in [-0.3, -0.25) is 10.1 Å². The molecule has 6 heteroatoms. The zero-order valence-corrected chi connectivity index (χ0v) is 9.77. The van der Waals surface area contributed by atoms with Gasteiger partial charge in [-0.05, 0) is 25.8 Å². The summed E-state index contributed by atoms with van der Waals surface area (Å²) in [5.74, 6) is 0.354. The Labute approximate surface area is 99.6 Å². The number of pyridine rings is 1. The molecule has 1 aromatic rings. The molecule has 1 saturated carbocycles. The summed E-state index contributed by atoms with van der Waals surface area (Å²) in [7, 11) is 0. The summed E-state index contributed by atoms with van der Waals surface area (Å²) in [5, 5.41) is 17.1. The SMILES string of the molecule is Cc1ccc([N+](=O)[O-])c(NCCNC2CC2)n1. The smallest absolute Gasteiger partial charge is 0.311 e. The molecule has 17 heavy (non-hydrogen) atoms. The van der Waals surface area contributed by atoms with Crippen LogP contribution in [0.2, 0.25) is 0 Å². The minimum atomic E-state index is -0.414. The van der Waals surface area contributed by atoms with E-state index in [1.165, 1.54) is 18.9 Å². The fourth-order valence-corrected chi connectivity index (χ4v) is 1.57. The lowest BCUT2D eigenvalue weighted by atomic mass is 10.3. The molecular formula is C11H16N4O2. The van der Waals surface area contributed by atoms with Crippen LogP contribution >= 0.6 is 0 Å². The van der Waals surface area contributed by atoms with E-state index in [1.807, 2.05) is 6.92 Å². The first-order chi connectivity index (χ1) is 8.16. The maximum atomic E-state index is 10.8. The van der Waals surface area contributed by atoms with Crippen molar-refractivity contribution >= 4 is 11.5 Å². The molecule has 0 radical (unpaired) electrons. The van der Waals surface area contributed by atoms with Gasteiger partial charge in [-0.15, -0.1) is 0 Å². The van der Waals surface area contributed by atoms with Crippen LogP contribution in [0.5, 0.6) is 0 Å². The van der Waals surface area contributed by atoms with Gasteiger partial charge in [0.1, 0.15) is 0 Å². The summed E-state index contributed by atoms with van der Waals surface area (Å²) in [6.45, 7) is 3.27. The Morgan fingerprint density at radius 1 is 1.47 bits per heavy atom. The van der Waals surface area contributed by atoms with Crippen molar-refractivity contribution in [2.45, 2.75) is 25.8 Å². The molecule has 0 amide bonds. The summed E-state index contributed by atoms with van der Waals surface area (Å²) in [6, 6.07) is 3.78. The minimum absolute atomic E-state index is 0.0296. The van der Waals surface area contributed by atoms with E-state index < -0.39 is 4.92 Å². The predicted molar refractivity (Wildman–Crippen MR) is 65.1 cm³/mol. The number of rotatable bonds is 6. The van der Waals surface area contributed by atoms with Gasteiger partial charge in [0.15, 0.2) is 0 Å². The lowest BCUT2D eigenvalue weighted by Crippen LogP contribution is -2.24. The Bertz CT molecular complexity index is 418. The maximum absolute atomic E-state index is 10.8. The van der Waals surface area contributed by atoms with Gasteiger partial charge in [0.25, 0.3) is 0 Å². The van der Waals surface area contributed by atoms with E-state index in [1.54, 1.807) is 6.07 Å². The molecule has 1 aliphatic carbocycles. The van der Waals surface area contributed by atoms with Crippen molar-refractivity contribution < 1.29 is 4.92 Å². The van der Waals surface area contributed by atoms with Crippen molar-refractivity contribution in [2.75, 3.05) is 18.4 Å². The van der Waals surface area contributed by atoms with Crippen LogP contribution in [0.3, 0.4) is 0 Å². The van der Waals surface area contributed by atoms with Crippen molar-refractivity contribution in [2.24, 2.45) is 0 Å². The summed E-state index contributed by atoms with van der Waals surface area (Å²) in [5.41, 5.74) is 0.801. The number of anilines is 1. The predicted octanol–water partition coefficient (Wildman–Crippen LogP) is 1.46. The second-order valence-electron chi connectivity index (χ2n) is 4.23. The fraction of sp³-hybridized carbons (Fsp3) is 0.545. The number of nitrogens with one attached hydrogen (secondary N) is 2. The van der Waals surface area contributed by atoms with E-state index in [0.29, 0.717) is 18.4 Å². The molecule has 2 N–H and O–H groups in total. The zero-order chi connectivity index (χ0) is 12.3. The molecule has 1 heterocycles. The Morgan fingerprint density at radius 2 is 2.24 bits per heavy atom. The third kappa shape index (κ3) is 3.39. The molecule has 1 aromatic heterocycles. The largest absolute Gasteiger partial charge is 0.363 e. The van der Waals surface area contributed by atoms with Crippen molar-refractivity contribution in [3.05, 3.63) is 27.9 Å². The normalized spacial score (nSPS) is 14.6. The summed E-state index contributed by atoms with van der Waals surface area (Å²) >= 11 is 0. The molecular weight excluding hydrogens is 220 g/mol. The van der Waals surface area contributed by atoms with Crippen LogP contribution in [-0.4, -0.2) is 29.0 Å². The first-order valence-corrected chi connectivity index (χ1v) is 5.76. The van der Waals surface area contributed by atoms with E-state index in [4.69, 9.17) is 0 Å². The Hall–Kier alpha value is -1.69. The number of nitro groups is 1. The molecule has 0 aromatic carbocycles. The highest BCUT2D eigenvalue weighted by Gasteiger charge is 2.20. The second kappa shape index (κ2) is 5.09. The van der Waals surface area contributed by atoms with Gasteiger partial charge in [0.2, 0.25) is 5.82 Å². The molecule has 6 nitrogen and oxygen atoms in total. The number of aromatic nitrogens is 1. The number of hydrogen-bond donors (Lipinski definition) is 2. The molecule has 1 aliphatic rings.